The highest BCUT2D eigenvalue weighted by molar-refractivity contribution is 5.84. The van der Waals surface area contributed by atoms with Gasteiger partial charge in [-0.25, -0.2) is 9.67 Å². The lowest BCUT2D eigenvalue weighted by atomic mass is 10.1. The van der Waals surface area contributed by atoms with E-state index in [1.54, 1.807) is 6.20 Å². The molecule has 4 aromatic rings. The third-order valence-electron chi connectivity index (χ3n) is 7.14. The van der Waals surface area contributed by atoms with Crippen LogP contribution >= 0.6 is 0 Å². The van der Waals surface area contributed by atoms with E-state index in [4.69, 9.17) is 20.7 Å². The Labute approximate surface area is 199 Å². The zero-order valence-electron chi connectivity index (χ0n) is 19.3. The number of piperidine rings is 1. The predicted molar refractivity (Wildman–Crippen MR) is 133 cm³/mol. The standard InChI is InChI=1S/C25H31N9/c26-19-10-14-32(15-11-19)25-30-23(22-24(31-25)33(17-28-22)20-7-2-3-8-20)27-16-18-6-1-4-9-21(18)34-13-5-12-29-34/h1,4-6,9,12-13,17,19-20H,2-3,7-8,10-11,14-16,26H2,(H,27,30,31). The molecular formula is C25H31N9. The molecule has 176 valence electrons. The molecule has 1 aliphatic carbocycles. The second-order valence-electron chi connectivity index (χ2n) is 9.39. The van der Waals surface area contributed by atoms with Crippen LogP contribution in [0.15, 0.2) is 49.1 Å². The Balaban J connectivity index is 1.36. The summed E-state index contributed by atoms with van der Waals surface area (Å²) < 4.78 is 4.16. The van der Waals surface area contributed by atoms with Crippen molar-refractivity contribution in [2.45, 2.75) is 57.2 Å². The van der Waals surface area contributed by atoms with E-state index < -0.39 is 0 Å². The van der Waals surface area contributed by atoms with Crippen molar-refractivity contribution in [2.24, 2.45) is 5.73 Å². The molecule has 34 heavy (non-hydrogen) atoms. The number of nitrogens with two attached hydrogens (primary N) is 1. The lowest BCUT2D eigenvalue weighted by molar-refractivity contribution is 0.495. The minimum atomic E-state index is 0.264. The maximum absolute atomic E-state index is 6.15. The molecule has 2 fully saturated rings. The van der Waals surface area contributed by atoms with Gasteiger partial charge in [0.2, 0.25) is 5.95 Å². The number of benzene rings is 1. The topological polar surface area (TPSA) is 103 Å². The van der Waals surface area contributed by atoms with Crippen LogP contribution in [-0.2, 0) is 6.54 Å². The lowest BCUT2D eigenvalue weighted by Gasteiger charge is -2.30. The van der Waals surface area contributed by atoms with Crippen LogP contribution in [0.5, 0.6) is 0 Å². The Hall–Kier alpha value is -3.46. The number of rotatable bonds is 6. The van der Waals surface area contributed by atoms with Gasteiger partial charge in [-0.05, 0) is 43.4 Å². The van der Waals surface area contributed by atoms with Crippen LogP contribution in [-0.4, -0.2) is 48.4 Å². The summed E-state index contributed by atoms with van der Waals surface area (Å²) in [5.74, 6) is 1.55. The molecule has 9 nitrogen and oxygen atoms in total. The molecule has 1 saturated carbocycles. The van der Waals surface area contributed by atoms with E-state index in [0.717, 1.165) is 60.1 Å². The number of imidazole rings is 1. The predicted octanol–water partition coefficient (Wildman–Crippen LogP) is 3.67. The molecule has 3 N–H and O–H groups in total. The van der Waals surface area contributed by atoms with Gasteiger partial charge >= 0.3 is 0 Å². The molecule has 0 unspecified atom stereocenters. The lowest BCUT2D eigenvalue weighted by Crippen LogP contribution is -2.40. The first-order valence-corrected chi connectivity index (χ1v) is 12.3. The summed E-state index contributed by atoms with van der Waals surface area (Å²) in [4.78, 5) is 17.0. The van der Waals surface area contributed by atoms with Crippen molar-refractivity contribution in [3.63, 3.8) is 0 Å². The quantitative estimate of drug-likeness (QED) is 0.455. The van der Waals surface area contributed by atoms with Gasteiger partial charge in [0.1, 0.15) is 0 Å². The van der Waals surface area contributed by atoms with Crippen LogP contribution in [0.25, 0.3) is 16.9 Å². The van der Waals surface area contributed by atoms with Crippen LogP contribution in [0.2, 0.25) is 0 Å². The van der Waals surface area contributed by atoms with E-state index in [0.29, 0.717) is 12.6 Å². The van der Waals surface area contributed by atoms with Crippen LogP contribution < -0.4 is 16.0 Å². The fraction of sp³-hybridized carbons (Fsp3) is 0.440. The summed E-state index contributed by atoms with van der Waals surface area (Å²) in [7, 11) is 0. The van der Waals surface area contributed by atoms with Crippen molar-refractivity contribution in [2.75, 3.05) is 23.3 Å². The van der Waals surface area contributed by atoms with E-state index >= 15 is 0 Å². The summed E-state index contributed by atoms with van der Waals surface area (Å²) in [6.07, 6.45) is 12.5. The van der Waals surface area contributed by atoms with E-state index in [-0.39, 0.29) is 6.04 Å². The summed E-state index contributed by atoms with van der Waals surface area (Å²) >= 11 is 0. The van der Waals surface area contributed by atoms with Gasteiger partial charge in [-0.15, -0.1) is 0 Å². The Morgan fingerprint density at radius 2 is 1.82 bits per heavy atom. The summed E-state index contributed by atoms with van der Waals surface area (Å²) in [5.41, 5.74) is 10.1. The SMILES string of the molecule is NC1CCN(c2nc(NCc3ccccc3-n3cccn3)c3ncn(C4CCCC4)c3n2)CC1. The summed E-state index contributed by atoms with van der Waals surface area (Å²) in [6, 6.07) is 11.0. The number of para-hydroxylation sites is 1. The molecule has 0 atom stereocenters. The molecule has 4 heterocycles. The number of nitrogens with one attached hydrogen (secondary N) is 1. The van der Waals surface area contributed by atoms with Gasteiger partial charge in [-0.2, -0.15) is 15.1 Å². The van der Waals surface area contributed by atoms with E-state index in [9.17, 15) is 0 Å². The molecular weight excluding hydrogens is 426 g/mol. The first-order valence-electron chi connectivity index (χ1n) is 12.3. The second-order valence-corrected chi connectivity index (χ2v) is 9.39. The molecule has 0 radical (unpaired) electrons. The third kappa shape index (κ3) is 4.00. The van der Waals surface area contributed by atoms with Crippen molar-refractivity contribution in [3.05, 3.63) is 54.6 Å². The van der Waals surface area contributed by atoms with E-state index in [1.807, 2.05) is 29.3 Å². The Kier molecular flexibility index (Phi) is 5.62. The van der Waals surface area contributed by atoms with Crippen molar-refractivity contribution >= 4 is 22.9 Å². The number of anilines is 2. The Bertz CT molecular complexity index is 1250. The summed E-state index contributed by atoms with van der Waals surface area (Å²) in [5, 5.41) is 7.99. The largest absolute Gasteiger partial charge is 0.364 e. The maximum Gasteiger partial charge on any atom is 0.229 e. The van der Waals surface area contributed by atoms with E-state index in [2.05, 4.69) is 38.1 Å². The van der Waals surface area contributed by atoms with Crippen LogP contribution in [0.1, 0.15) is 50.1 Å². The molecule has 6 rings (SSSR count). The molecule has 3 aromatic heterocycles. The van der Waals surface area contributed by atoms with Crippen molar-refractivity contribution < 1.29 is 0 Å². The minimum Gasteiger partial charge on any atom is -0.364 e. The Morgan fingerprint density at radius 1 is 1.00 bits per heavy atom. The Morgan fingerprint density at radius 3 is 2.62 bits per heavy atom. The first kappa shape index (κ1) is 21.1. The van der Waals surface area contributed by atoms with Gasteiger partial charge in [-0.1, -0.05) is 31.0 Å². The van der Waals surface area contributed by atoms with Gasteiger partial charge in [-0.3, -0.25) is 0 Å². The maximum atomic E-state index is 6.15. The van der Waals surface area contributed by atoms with Crippen LogP contribution in [0, 0.1) is 0 Å². The molecule has 1 aliphatic heterocycles. The average molecular weight is 458 g/mol. The number of aromatic nitrogens is 6. The van der Waals surface area contributed by atoms with E-state index in [1.165, 1.54) is 25.7 Å². The van der Waals surface area contributed by atoms with Gasteiger partial charge in [0.05, 0.1) is 12.0 Å². The highest BCUT2D eigenvalue weighted by atomic mass is 15.3. The molecule has 2 aliphatic rings. The fourth-order valence-electron chi connectivity index (χ4n) is 5.19. The number of nitrogens with zero attached hydrogens (tertiary/aromatic N) is 7. The smallest absolute Gasteiger partial charge is 0.229 e. The molecule has 0 bridgehead atoms. The number of fused-ring (bicyclic) bond motifs is 1. The van der Waals surface area contributed by atoms with Gasteiger partial charge in [0, 0.05) is 44.1 Å². The van der Waals surface area contributed by atoms with Crippen molar-refractivity contribution in [3.8, 4) is 5.69 Å². The van der Waals surface area contributed by atoms with Crippen molar-refractivity contribution in [1.29, 1.82) is 0 Å². The highest BCUT2D eigenvalue weighted by Crippen LogP contribution is 2.33. The highest BCUT2D eigenvalue weighted by Gasteiger charge is 2.24. The first-order chi connectivity index (χ1) is 16.8. The molecule has 1 aromatic carbocycles. The molecule has 1 saturated heterocycles. The number of hydrogen-bond donors (Lipinski definition) is 2. The normalized spacial score (nSPS) is 17.6. The number of hydrogen-bond acceptors (Lipinski definition) is 7. The molecule has 0 amide bonds. The zero-order valence-corrected chi connectivity index (χ0v) is 19.3. The average Bonchev–Trinajstić information content (AvgIpc) is 3.65. The van der Waals surface area contributed by atoms with Gasteiger partial charge < -0.3 is 20.5 Å². The van der Waals surface area contributed by atoms with Crippen molar-refractivity contribution in [1.82, 2.24) is 29.3 Å². The minimum absolute atomic E-state index is 0.264. The molecule has 0 spiro atoms. The third-order valence-corrected chi connectivity index (χ3v) is 7.14. The van der Waals surface area contributed by atoms with Gasteiger partial charge in [0.15, 0.2) is 17.0 Å². The monoisotopic (exact) mass is 457 g/mol. The second kappa shape index (κ2) is 9.06. The summed E-state index contributed by atoms with van der Waals surface area (Å²) in [6.45, 7) is 2.38. The van der Waals surface area contributed by atoms with Crippen LogP contribution in [0.3, 0.4) is 0 Å². The zero-order chi connectivity index (χ0) is 22.9. The van der Waals surface area contributed by atoms with Gasteiger partial charge in [0.25, 0.3) is 0 Å². The fourth-order valence-corrected chi connectivity index (χ4v) is 5.19. The molecule has 9 heteroatoms. The van der Waals surface area contributed by atoms with Crippen LogP contribution in [0.4, 0.5) is 11.8 Å².